The second kappa shape index (κ2) is 7.80. The lowest BCUT2D eigenvalue weighted by Crippen LogP contribution is -2.28. The average Bonchev–Trinajstić information content (AvgIpc) is 3.21. The number of nitrogens with zero attached hydrogens (tertiary/aromatic N) is 3. The lowest BCUT2D eigenvalue weighted by Gasteiger charge is -2.29. The molecule has 33 heavy (non-hydrogen) atoms. The number of pyridine rings is 1. The van der Waals surface area contributed by atoms with E-state index in [1.165, 1.54) is 6.20 Å². The van der Waals surface area contributed by atoms with Crippen LogP contribution in [0.3, 0.4) is 0 Å². The van der Waals surface area contributed by atoms with E-state index >= 15 is 4.39 Å². The fourth-order valence-corrected chi connectivity index (χ4v) is 4.31. The fourth-order valence-electron chi connectivity index (χ4n) is 4.31. The van der Waals surface area contributed by atoms with E-state index in [4.69, 9.17) is 10.5 Å². The molecular formula is C23H22FN5O4. The zero-order chi connectivity index (χ0) is 23.3. The zero-order valence-corrected chi connectivity index (χ0v) is 17.8. The van der Waals surface area contributed by atoms with Crippen molar-refractivity contribution in [2.45, 2.75) is 25.9 Å². The summed E-state index contributed by atoms with van der Waals surface area (Å²) in [5.41, 5.74) is 6.62. The van der Waals surface area contributed by atoms with Crippen LogP contribution < -0.4 is 21.2 Å². The Morgan fingerprint density at radius 2 is 2.18 bits per heavy atom. The SMILES string of the molecule is CC1COc2c(NCCCn3cnc4ccccc43)c(F)c(N)c3c(=O)c(C(=O)O)cn1c23. The normalized spacial score (nSPS) is 15.0. The number of aromatic carboxylic acids is 1. The lowest BCUT2D eigenvalue weighted by molar-refractivity contribution is 0.0694. The number of hydrogen-bond donors (Lipinski definition) is 3. The van der Waals surface area contributed by atoms with Crippen LogP contribution in [0.25, 0.3) is 21.9 Å². The van der Waals surface area contributed by atoms with Gasteiger partial charge in [0, 0.05) is 19.3 Å². The number of aryl methyl sites for hydroxylation is 1. The zero-order valence-electron chi connectivity index (χ0n) is 17.8. The van der Waals surface area contributed by atoms with Gasteiger partial charge in [-0.1, -0.05) is 12.1 Å². The molecule has 5 rings (SSSR count). The minimum atomic E-state index is -1.39. The number of imidazole rings is 1. The first kappa shape index (κ1) is 20.8. The summed E-state index contributed by atoms with van der Waals surface area (Å²) in [4.78, 5) is 28.7. The number of ether oxygens (including phenoxy) is 1. The van der Waals surface area contributed by atoms with E-state index in [1.54, 1.807) is 10.9 Å². The van der Waals surface area contributed by atoms with Crippen LogP contribution in [0.5, 0.6) is 5.75 Å². The number of benzene rings is 2. The Morgan fingerprint density at radius 3 is 2.97 bits per heavy atom. The predicted octanol–water partition coefficient (Wildman–Crippen LogP) is 3.23. The van der Waals surface area contributed by atoms with Crippen LogP contribution in [0.4, 0.5) is 15.8 Å². The smallest absolute Gasteiger partial charge is 0.341 e. The van der Waals surface area contributed by atoms with Gasteiger partial charge in [0.15, 0.2) is 11.6 Å². The summed E-state index contributed by atoms with van der Waals surface area (Å²) in [7, 11) is 0. The van der Waals surface area contributed by atoms with E-state index in [0.29, 0.717) is 25.0 Å². The van der Waals surface area contributed by atoms with Crippen molar-refractivity contribution < 1.29 is 19.0 Å². The van der Waals surface area contributed by atoms with Crippen molar-refractivity contribution in [2.75, 3.05) is 24.2 Å². The first-order valence-electron chi connectivity index (χ1n) is 10.6. The van der Waals surface area contributed by atoms with E-state index in [2.05, 4.69) is 10.3 Å². The molecule has 4 aromatic rings. The molecule has 0 amide bonds. The number of para-hydroxylation sites is 2. The molecule has 1 aliphatic heterocycles. The molecule has 9 nitrogen and oxygen atoms in total. The molecule has 0 bridgehead atoms. The number of nitrogen functional groups attached to an aromatic ring is 1. The third-order valence-electron chi connectivity index (χ3n) is 5.98. The van der Waals surface area contributed by atoms with E-state index in [-0.39, 0.29) is 29.5 Å². The summed E-state index contributed by atoms with van der Waals surface area (Å²) in [6.07, 6.45) is 3.71. The highest BCUT2D eigenvalue weighted by Gasteiger charge is 2.30. The Labute approximate surface area is 187 Å². The van der Waals surface area contributed by atoms with Crippen molar-refractivity contribution in [3.8, 4) is 5.75 Å². The molecule has 3 heterocycles. The second-order valence-electron chi connectivity index (χ2n) is 8.11. The summed E-state index contributed by atoms with van der Waals surface area (Å²) < 4.78 is 24.7. The molecule has 2 aromatic heterocycles. The Hall–Kier alpha value is -4.08. The second-order valence-corrected chi connectivity index (χ2v) is 8.11. The maximum absolute atomic E-state index is 15.3. The Bertz CT molecular complexity index is 1480. The molecule has 0 aliphatic carbocycles. The molecule has 0 saturated heterocycles. The van der Waals surface area contributed by atoms with Crippen LogP contribution in [-0.2, 0) is 6.54 Å². The van der Waals surface area contributed by atoms with Gasteiger partial charge in [-0.2, -0.15) is 0 Å². The molecule has 1 aliphatic rings. The highest BCUT2D eigenvalue weighted by molar-refractivity contribution is 6.03. The van der Waals surface area contributed by atoms with Gasteiger partial charge in [0.05, 0.1) is 40.0 Å². The average molecular weight is 451 g/mol. The summed E-state index contributed by atoms with van der Waals surface area (Å²) in [6.45, 7) is 3.10. The highest BCUT2D eigenvalue weighted by Crippen LogP contribution is 2.43. The molecule has 2 aromatic carbocycles. The van der Waals surface area contributed by atoms with E-state index in [9.17, 15) is 14.7 Å². The number of rotatable bonds is 6. The minimum Gasteiger partial charge on any atom is -0.487 e. The standard InChI is InChI=1S/C23H22FN5O4/c1-12-10-33-22-19(26-7-4-8-28-11-27-14-5-2-3-6-15(14)28)17(24)18(25)16-20(22)29(12)9-13(21(16)30)23(31)32/h2-3,5-6,9,11-12,26H,4,7-8,10,25H2,1H3,(H,31,32). The van der Waals surface area contributed by atoms with Gasteiger partial charge >= 0.3 is 5.97 Å². The van der Waals surface area contributed by atoms with Crippen molar-refractivity contribution in [2.24, 2.45) is 0 Å². The monoisotopic (exact) mass is 451 g/mol. The first-order valence-corrected chi connectivity index (χ1v) is 10.6. The first-order chi connectivity index (χ1) is 15.9. The van der Waals surface area contributed by atoms with Gasteiger partial charge in [-0.15, -0.1) is 0 Å². The maximum atomic E-state index is 15.3. The van der Waals surface area contributed by atoms with Crippen molar-refractivity contribution in [1.82, 2.24) is 14.1 Å². The van der Waals surface area contributed by atoms with Gasteiger partial charge in [0.1, 0.15) is 17.9 Å². The van der Waals surface area contributed by atoms with Crippen molar-refractivity contribution in [1.29, 1.82) is 0 Å². The quantitative estimate of drug-likeness (QED) is 0.304. The van der Waals surface area contributed by atoms with Gasteiger partial charge in [-0.25, -0.2) is 14.2 Å². The number of nitrogens with one attached hydrogen (secondary N) is 1. The Kier molecular flexibility index (Phi) is 4.92. The van der Waals surface area contributed by atoms with E-state index in [1.807, 2.05) is 35.8 Å². The number of hydrogen-bond acceptors (Lipinski definition) is 6. The van der Waals surface area contributed by atoms with Gasteiger partial charge in [0.2, 0.25) is 5.43 Å². The number of fused-ring (bicyclic) bond motifs is 1. The number of nitrogens with two attached hydrogens (primary N) is 1. The third kappa shape index (κ3) is 3.25. The van der Waals surface area contributed by atoms with Crippen LogP contribution in [-0.4, -0.2) is 38.3 Å². The molecule has 0 fully saturated rings. The van der Waals surface area contributed by atoms with Crippen molar-refractivity contribution in [3.05, 3.63) is 58.4 Å². The molecule has 10 heteroatoms. The van der Waals surface area contributed by atoms with Gasteiger partial charge < -0.3 is 30.0 Å². The van der Waals surface area contributed by atoms with Crippen LogP contribution in [0.2, 0.25) is 0 Å². The molecule has 1 atom stereocenters. The fraction of sp³-hybridized carbons (Fsp3) is 0.261. The highest BCUT2D eigenvalue weighted by atomic mass is 19.1. The molecular weight excluding hydrogens is 429 g/mol. The number of aromatic nitrogens is 3. The van der Waals surface area contributed by atoms with E-state index < -0.39 is 28.5 Å². The summed E-state index contributed by atoms with van der Waals surface area (Å²) >= 11 is 0. The molecule has 170 valence electrons. The summed E-state index contributed by atoms with van der Waals surface area (Å²) in [5.74, 6) is -2.05. The molecule has 1 unspecified atom stereocenters. The maximum Gasteiger partial charge on any atom is 0.341 e. The largest absolute Gasteiger partial charge is 0.487 e. The van der Waals surface area contributed by atoms with Crippen LogP contribution in [0.15, 0.2) is 41.6 Å². The van der Waals surface area contributed by atoms with Crippen LogP contribution >= 0.6 is 0 Å². The number of carboxylic acids is 1. The lowest BCUT2D eigenvalue weighted by atomic mass is 10.0. The number of anilines is 2. The molecule has 0 spiro atoms. The van der Waals surface area contributed by atoms with Gasteiger partial charge in [0.25, 0.3) is 0 Å². The van der Waals surface area contributed by atoms with Crippen LogP contribution in [0.1, 0.15) is 29.7 Å². The Morgan fingerprint density at radius 1 is 1.39 bits per heavy atom. The van der Waals surface area contributed by atoms with Crippen LogP contribution in [0, 0.1) is 5.82 Å². The Balaban J connectivity index is 1.49. The van der Waals surface area contributed by atoms with Gasteiger partial charge in [-0.05, 0) is 25.5 Å². The molecule has 4 N–H and O–H groups in total. The van der Waals surface area contributed by atoms with E-state index in [0.717, 1.165) is 11.0 Å². The number of carbonyl (C=O) groups is 1. The number of halogens is 1. The topological polar surface area (TPSA) is 124 Å². The number of carboxylic acid groups (broad SMARTS) is 1. The minimum absolute atomic E-state index is 0.0682. The summed E-state index contributed by atoms with van der Waals surface area (Å²) in [6, 6.07) is 7.55. The summed E-state index contributed by atoms with van der Waals surface area (Å²) in [5, 5.41) is 12.3. The molecule has 0 radical (unpaired) electrons. The third-order valence-corrected chi connectivity index (χ3v) is 5.98. The van der Waals surface area contributed by atoms with Crippen molar-refractivity contribution in [3.63, 3.8) is 0 Å². The van der Waals surface area contributed by atoms with Gasteiger partial charge in [-0.3, -0.25) is 4.79 Å². The molecule has 0 saturated carbocycles. The van der Waals surface area contributed by atoms with Crippen molar-refractivity contribution >= 4 is 39.3 Å². The predicted molar refractivity (Wildman–Crippen MR) is 123 cm³/mol.